The molecule has 0 radical (unpaired) electrons. The number of benzene rings is 2. The fraction of sp³-hybridized carbons (Fsp3) is 0.238. The topological polar surface area (TPSA) is 105 Å². The average molecular weight is 414 g/mol. The highest BCUT2D eigenvalue weighted by atomic mass is 32.2. The molecule has 0 spiro atoms. The second-order valence-corrected chi connectivity index (χ2v) is 8.38. The number of esters is 1. The third-order valence-corrected chi connectivity index (χ3v) is 6.09. The fourth-order valence-corrected chi connectivity index (χ4v) is 4.16. The number of ketones is 1. The van der Waals surface area contributed by atoms with E-state index in [0.717, 1.165) is 10.9 Å². The van der Waals surface area contributed by atoms with Crippen LogP contribution in [0.4, 0.5) is 0 Å². The number of sulfonamides is 1. The van der Waals surface area contributed by atoms with Crippen molar-refractivity contribution in [2.45, 2.75) is 31.8 Å². The Hall–Kier alpha value is -2.97. The summed E-state index contributed by atoms with van der Waals surface area (Å²) in [5.41, 5.74) is 2.20. The van der Waals surface area contributed by atoms with E-state index >= 15 is 0 Å². The number of carbonyl (C=O) groups excluding carboxylic acids is 2. The normalized spacial score (nSPS) is 12.7. The first-order chi connectivity index (χ1) is 13.7. The summed E-state index contributed by atoms with van der Waals surface area (Å²) in [6.45, 7) is 5.26. The molecule has 7 nitrogen and oxygen atoms in total. The van der Waals surface area contributed by atoms with Crippen LogP contribution in [-0.4, -0.2) is 37.8 Å². The number of Topliss-reactive ketones (excluding diaryl/α,β-unsaturated/α-hetero) is 1. The second-order valence-electron chi connectivity index (χ2n) is 6.61. The van der Waals surface area contributed by atoms with Gasteiger partial charge in [-0.25, -0.2) is 17.9 Å². The molecule has 152 valence electrons. The number of aromatic amines is 1. The smallest absolute Gasteiger partial charge is 0.338 e. The molecule has 0 aliphatic rings. The van der Waals surface area contributed by atoms with Gasteiger partial charge in [-0.2, -0.15) is 0 Å². The van der Waals surface area contributed by atoms with Crippen molar-refractivity contribution in [3.63, 3.8) is 0 Å². The zero-order valence-corrected chi connectivity index (χ0v) is 17.2. The van der Waals surface area contributed by atoms with E-state index in [9.17, 15) is 18.0 Å². The zero-order chi connectivity index (χ0) is 21.2. The highest BCUT2D eigenvalue weighted by Gasteiger charge is 2.25. The van der Waals surface area contributed by atoms with Crippen LogP contribution in [0.25, 0.3) is 10.9 Å². The molecule has 0 amide bonds. The Morgan fingerprint density at radius 1 is 1.10 bits per heavy atom. The standard InChI is InChI=1S/C21H22N2O5S/c1-4-22-29(26,27)16-11-9-15(10-12-16)21(25)28-14(3)20(24)19-13(2)23-18-8-6-5-7-17(18)19/h5-12,14,22-23H,4H2,1-3H3. The van der Waals surface area contributed by atoms with Gasteiger partial charge in [-0.3, -0.25) is 4.79 Å². The van der Waals surface area contributed by atoms with E-state index in [2.05, 4.69) is 9.71 Å². The van der Waals surface area contributed by atoms with Gasteiger partial charge in [-0.1, -0.05) is 25.1 Å². The maximum atomic E-state index is 12.9. The first-order valence-electron chi connectivity index (χ1n) is 9.17. The largest absolute Gasteiger partial charge is 0.451 e. The lowest BCUT2D eigenvalue weighted by molar-refractivity contribution is 0.0319. The Bertz CT molecular complexity index is 1160. The van der Waals surface area contributed by atoms with Gasteiger partial charge >= 0.3 is 5.97 Å². The molecule has 2 aromatic carbocycles. The third kappa shape index (κ3) is 4.23. The number of aryl methyl sites for hydroxylation is 1. The predicted molar refractivity (Wildman–Crippen MR) is 110 cm³/mol. The van der Waals surface area contributed by atoms with Gasteiger partial charge in [-0.15, -0.1) is 0 Å². The number of hydrogen-bond acceptors (Lipinski definition) is 5. The van der Waals surface area contributed by atoms with Crippen molar-refractivity contribution in [1.29, 1.82) is 0 Å². The number of aromatic nitrogens is 1. The second kappa shape index (κ2) is 8.18. The first kappa shape index (κ1) is 20.8. The van der Waals surface area contributed by atoms with Gasteiger partial charge in [0.1, 0.15) is 0 Å². The van der Waals surface area contributed by atoms with E-state index < -0.39 is 22.1 Å². The van der Waals surface area contributed by atoms with Crippen LogP contribution in [0.2, 0.25) is 0 Å². The lowest BCUT2D eigenvalue weighted by atomic mass is 10.0. The molecule has 0 fully saturated rings. The molecule has 3 rings (SSSR count). The molecule has 0 aliphatic carbocycles. The van der Waals surface area contributed by atoms with Gasteiger partial charge in [0, 0.05) is 28.7 Å². The summed E-state index contributed by atoms with van der Waals surface area (Å²) in [6, 6.07) is 12.8. The van der Waals surface area contributed by atoms with Crippen molar-refractivity contribution >= 4 is 32.7 Å². The number of fused-ring (bicyclic) bond motifs is 1. The number of para-hydroxylation sites is 1. The third-order valence-electron chi connectivity index (χ3n) is 4.53. The van der Waals surface area contributed by atoms with Crippen molar-refractivity contribution in [2.75, 3.05) is 6.54 Å². The summed E-state index contributed by atoms with van der Waals surface area (Å²) in [6.07, 6.45) is -0.995. The fourth-order valence-electron chi connectivity index (χ4n) is 3.12. The quantitative estimate of drug-likeness (QED) is 0.456. The highest BCUT2D eigenvalue weighted by molar-refractivity contribution is 7.89. The number of ether oxygens (including phenoxy) is 1. The molecular formula is C21H22N2O5S. The van der Waals surface area contributed by atoms with Crippen molar-refractivity contribution in [1.82, 2.24) is 9.71 Å². The van der Waals surface area contributed by atoms with Gasteiger partial charge in [0.2, 0.25) is 15.8 Å². The molecule has 0 saturated carbocycles. The van der Waals surface area contributed by atoms with E-state index in [1.165, 1.54) is 31.2 Å². The molecule has 0 bridgehead atoms. The molecule has 3 aromatic rings. The Kier molecular flexibility index (Phi) is 5.86. The Labute approximate surface area is 169 Å². The van der Waals surface area contributed by atoms with Crippen LogP contribution in [0.15, 0.2) is 53.4 Å². The van der Waals surface area contributed by atoms with Crippen molar-refractivity contribution in [3.8, 4) is 0 Å². The lowest BCUT2D eigenvalue weighted by Crippen LogP contribution is -2.25. The van der Waals surface area contributed by atoms with Crippen molar-refractivity contribution < 1.29 is 22.7 Å². The number of hydrogen-bond donors (Lipinski definition) is 2. The van der Waals surface area contributed by atoms with Crippen LogP contribution in [-0.2, 0) is 14.8 Å². The van der Waals surface area contributed by atoms with Gasteiger partial charge in [0.15, 0.2) is 6.10 Å². The molecule has 1 aromatic heterocycles. The van der Waals surface area contributed by atoms with Crippen LogP contribution >= 0.6 is 0 Å². The van der Waals surface area contributed by atoms with E-state index in [4.69, 9.17) is 4.74 Å². The summed E-state index contributed by atoms with van der Waals surface area (Å²) in [4.78, 5) is 28.5. The minimum Gasteiger partial charge on any atom is -0.451 e. The molecule has 1 atom stereocenters. The maximum absolute atomic E-state index is 12.9. The molecule has 0 saturated heterocycles. The molecular weight excluding hydrogens is 392 g/mol. The first-order valence-corrected chi connectivity index (χ1v) is 10.6. The summed E-state index contributed by atoms with van der Waals surface area (Å²) in [5.74, 6) is -1.00. The summed E-state index contributed by atoms with van der Waals surface area (Å²) in [5, 5.41) is 0.774. The summed E-state index contributed by atoms with van der Waals surface area (Å²) >= 11 is 0. The van der Waals surface area contributed by atoms with Crippen LogP contribution in [0.3, 0.4) is 0 Å². The van der Waals surface area contributed by atoms with Gasteiger partial charge in [0.05, 0.1) is 10.5 Å². The van der Waals surface area contributed by atoms with E-state index in [-0.39, 0.29) is 22.8 Å². The monoisotopic (exact) mass is 414 g/mol. The van der Waals surface area contributed by atoms with Gasteiger partial charge < -0.3 is 9.72 Å². The highest BCUT2D eigenvalue weighted by Crippen LogP contribution is 2.24. The molecule has 1 heterocycles. The molecule has 2 N–H and O–H groups in total. The number of carbonyl (C=O) groups is 2. The number of rotatable bonds is 7. The van der Waals surface area contributed by atoms with E-state index in [1.807, 2.05) is 24.3 Å². The number of nitrogens with one attached hydrogen (secondary N) is 2. The molecule has 8 heteroatoms. The minimum atomic E-state index is -3.60. The Balaban J connectivity index is 1.76. The molecule has 0 aliphatic heterocycles. The van der Waals surface area contributed by atoms with Crippen LogP contribution in [0.5, 0.6) is 0 Å². The van der Waals surface area contributed by atoms with Crippen LogP contribution < -0.4 is 4.72 Å². The van der Waals surface area contributed by atoms with Crippen molar-refractivity contribution in [2.24, 2.45) is 0 Å². The van der Waals surface area contributed by atoms with Crippen LogP contribution in [0.1, 0.15) is 40.3 Å². The predicted octanol–water partition coefficient (Wildman–Crippen LogP) is 3.20. The average Bonchev–Trinajstić information content (AvgIpc) is 3.03. The molecule has 29 heavy (non-hydrogen) atoms. The Morgan fingerprint density at radius 3 is 2.41 bits per heavy atom. The van der Waals surface area contributed by atoms with Crippen molar-refractivity contribution in [3.05, 3.63) is 65.4 Å². The van der Waals surface area contributed by atoms with Gasteiger partial charge in [0.25, 0.3) is 0 Å². The SMILES string of the molecule is CCNS(=O)(=O)c1ccc(C(=O)OC(C)C(=O)c2c(C)[nH]c3ccccc23)cc1. The van der Waals surface area contributed by atoms with E-state index in [1.54, 1.807) is 13.8 Å². The lowest BCUT2D eigenvalue weighted by Gasteiger charge is -2.13. The summed E-state index contributed by atoms with van der Waals surface area (Å²) in [7, 11) is -3.60. The maximum Gasteiger partial charge on any atom is 0.338 e. The minimum absolute atomic E-state index is 0.0504. The number of H-pyrrole nitrogens is 1. The molecule has 1 unspecified atom stereocenters. The zero-order valence-electron chi connectivity index (χ0n) is 16.4. The van der Waals surface area contributed by atoms with Crippen LogP contribution in [0, 0.1) is 6.92 Å². The summed E-state index contributed by atoms with van der Waals surface area (Å²) < 4.78 is 31.7. The Morgan fingerprint density at radius 2 is 1.76 bits per heavy atom. The van der Waals surface area contributed by atoms with Gasteiger partial charge in [-0.05, 0) is 44.2 Å². The van der Waals surface area contributed by atoms with E-state index in [0.29, 0.717) is 11.3 Å².